The zero-order valence-corrected chi connectivity index (χ0v) is 29.5. The molecule has 0 aliphatic heterocycles. The molecule has 0 saturated heterocycles. The third kappa shape index (κ3) is 53.5. The van der Waals surface area contributed by atoms with Crippen LogP contribution in [0.5, 0.6) is 0 Å². The van der Waals surface area contributed by atoms with E-state index in [1.807, 2.05) is 0 Å². The maximum atomic E-state index is 11.9. The van der Waals surface area contributed by atoms with Crippen molar-refractivity contribution in [3.8, 4) is 0 Å². The van der Waals surface area contributed by atoms with Gasteiger partial charge in [0.15, 0.2) is 0 Å². The Hall–Kier alpha value is -0.250. The predicted molar refractivity (Wildman–Crippen MR) is 191 cm³/mol. The summed E-state index contributed by atoms with van der Waals surface area (Å²) in [5.74, 6) is -0.666. The summed E-state index contributed by atoms with van der Waals surface area (Å²) in [4.78, 5) is 23.8. The Labute approximate surface area is 300 Å². The number of allylic oxidation sites excluding steroid dienone is 2. The predicted octanol–water partition coefficient (Wildman–Crippen LogP) is 11.1. The van der Waals surface area contributed by atoms with Crippen LogP contribution in [0.4, 0.5) is 0 Å². The van der Waals surface area contributed by atoms with Gasteiger partial charge in [0.25, 0.3) is 0 Å². The normalized spacial score (nSPS) is 11.2. The van der Waals surface area contributed by atoms with E-state index in [9.17, 15) is 9.59 Å². The van der Waals surface area contributed by atoms with Gasteiger partial charge in [-0.05, 0) is 38.5 Å². The SMILES string of the molecule is CCCCCCCCC=CCCCCCCCC(=O)OC(=O)CCCCCCCCCCCCCCCCC.O=S(=O)(O)O.[NaH]. The van der Waals surface area contributed by atoms with E-state index in [1.54, 1.807) is 0 Å². The summed E-state index contributed by atoms with van der Waals surface area (Å²) < 4.78 is 36.6. The monoisotopic (exact) mass is 670 g/mol. The van der Waals surface area contributed by atoms with Crippen LogP contribution in [0.1, 0.15) is 206 Å². The molecule has 0 radical (unpaired) electrons. The van der Waals surface area contributed by atoms with E-state index in [0.29, 0.717) is 12.8 Å². The number of hydrogen-bond acceptors (Lipinski definition) is 5. The second-order valence-corrected chi connectivity index (χ2v) is 13.2. The Morgan fingerprint density at radius 3 is 0.956 bits per heavy atom. The molecule has 0 fully saturated rings. The number of ether oxygens (including phenoxy) is 1. The average molecular weight is 671 g/mol. The first-order valence-electron chi connectivity index (χ1n) is 18.3. The molecular weight excluding hydrogens is 599 g/mol. The quantitative estimate of drug-likeness (QED) is 0.0188. The summed E-state index contributed by atoms with van der Waals surface area (Å²) in [7, 11) is -4.67. The molecule has 0 rings (SSSR count). The molecule has 0 saturated carbocycles. The van der Waals surface area contributed by atoms with Crippen molar-refractivity contribution in [2.45, 2.75) is 206 Å². The summed E-state index contributed by atoms with van der Waals surface area (Å²) in [6.45, 7) is 4.54. The minimum absolute atomic E-state index is 0. The summed E-state index contributed by atoms with van der Waals surface area (Å²) in [5.41, 5.74) is 0. The van der Waals surface area contributed by atoms with Crippen molar-refractivity contribution in [1.82, 2.24) is 0 Å². The molecule has 45 heavy (non-hydrogen) atoms. The van der Waals surface area contributed by atoms with Gasteiger partial charge in [0.2, 0.25) is 0 Å². The molecule has 0 aromatic rings. The molecule has 0 bridgehead atoms. The third-order valence-corrected chi connectivity index (χ3v) is 7.85. The molecule has 0 unspecified atom stereocenters. The van der Waals surface area contributed by atoms with Gasteiger partial charge in [-0.3, -0.25) is 18.7 Å². The molecule has 0 atom stereocenters. The second-order valence-electron chi connectivity index (χ2n) is 12.3. The van der Waals surface area contributed by atoms with Crippen LogP contribution in [0.2, 0.25) is 0 Å². The van der Waals surface area contributed by atoms with Crippen molar-refractivity contribution in [2.75, 3.05) is 0 Å². The van der Waals surface area contributed by atoms with E-state index >= 15 is 0 Å². The van der Waals surface area contributed by atoms with Crippen LogP contribution in [0, 0.1) is 0 Å². The minimum atomic E-state index is -4.67. The molecule has 0 aliphatic carbocycles. The number of carbonyl (C=O) groups is 2. The summed E-state index contributed by atoms with van der Waals surface area (Å²) in [6, 6.07) is 0. The van der Waals surface area contributed by atoms with Crippen molar-refractivity contribution in [1.29, 1.82) is 0 Å². The van der Waals surface area contributed by atoms with Crippen LogP contribution in [0.15, 0.2) is 12.2 Å². The van der Waals surface area contributed by atoms with Crippen LogP contribution >= 0.6 is 0 Å². The number of unbranched alkanes of at least 4 members (excludes halogenated alkanes) is 25. The Morgan fingerprint density at radius 1 is 0.467 bits per heavy atom. The molecule has 0 aromatic heterocycles. The van der Waals surface area contributed by atoms with Gasteiger partial charge in [-0.25, -0.2) is 0 Å². The maximum absolute atomic E-state index is 11.9. The standard InChI is InChI=1S/C36H68O3.Na.H2O4S.H/c1-3-5-7-9-11-13-15-17-19-21-23-25-27-29-31-33-35(37)39-36(38)34-32-30-28-26-24-22-20-18-16-14-12-10-8-6-4-2;;1-5(2,3)4;/h17,19H,3-16,18,20-34H2,1-2H3;;(H2,1,2,3,4);. The van der Waals surface area contributed by atoms with E-state index in [0.717, 1.165) is 32.1 Å². The van der Waals surface area contributed by atoms with Gasteiger partial charge >= 0.3 is 51.9 Å². The Balaban J connectivity index is -0.00000270. The van der Waals surface area contributed by atoms with Gasteiger partial charge < -0.3 is 4.74 Å². The topological polar surface area (TPSA) is 118 Å². The summed E-state index contributed by atoms with van der Waals surface area (Å²) in [5, 5.41) is 0. The van der Waals surface area contributed by atoms with Gasteiger partial charge in [0.1, 0.15) is 0 Å². The fourth-order valence-corrected chi connectivity index (χ4v) is 5.21. The zero-order chi connectivity index (χ0) is 33.0. The van der Waals surface area contributed by atoms with Crippen molar-refractivity contribution >= 4 is 51.9 Å². The van der Waals surface area contributed by atoms with E-state index in [2.05, 4.69) is 26.0 Å². The Bertz CT molecular complexity index is 749. The molecule has 0 aliphatic rings. The molecule has 9 heteroatoms. The van der Waals surface area contributed by atoms with Crippen LogP contribution in [0.3, 0.4) is 0 Å². The molecule has 0 amide bonds. The van der Waals surface area contributed by atoms with Gasteiger partial charge in [0.05, 0.1) is 0 Å². The van der Waals surface area contributed by atoms with Crippen LogP contribution in [-0.2, 0) is 24.7 Å². The van der Waals surface area contributed by atoms with Gasteiger partial charge in [0, 0.05) is 12.8 Å². The molecule has 0 aromatic carbocycles. The number of rotatable bonds is 31. The van der Waals surface area contributed by atoms with Crippen molar-refractivity contribution in [3.63, 3.8) is 0 Å². The number of carbonyl (C=O) groups excluding carboxylic acids is 2. The summed E-state index contributed by atoms with van der Waals surface area (Å²) >= 11 is 0. The van der Waals surface area contributed by atoms with E-state index in [1.165, 1.54) is 148 Å². The van der Waals surface area contributed by atoms with E-state index < -0.39 is 10.4 Å². The fourth-order valence-electron chi connectivity index (χ4n) is 5.21. The molecular formula is C36H71NaO7S. The van der Waals surface area contributed by atoms with E-state index in [4.69, 9.17) is 22.3 Å². The summed E-state index contributed by atoms with van der Waals surface area (Å²) in [6.07, 6.45) is 41.2. The average Bonchev–Trinajstić information content (AvgIpc) is 2.96. The van der Waals surface area contributed by atoms with E-state index in [-0.39, 0.29) is 41.5 Å². The van der Waals surface area contributed by atoms with Gasteiger partial charge in [-0.1, -0.05) is 167 Å². The Morgan fingerprint density at radius 2 is 0.689 bits per heavy atom. The van der Waals surface area contributed by atoms with Gasteiger partial charge in [-0.15, -0.1) is 0 Å². The molecule has 264 valence electrons. The van der Waals surface area contributed by atoms with Crippen molar-refractivity contribution in [2.24, 2.45) is 0 Å². The van der Waals surface area contributed by atoms with Gasteiger partial charge in [-0.2, -0.15) is 8.42 Å². The molecule has 7 nitrogen and oxygen atoms in total. The zero-order valence-electron chi connectivity index (χ0n) is 28.7. The molecule has 0 spiro atoms. The van der Waals surface area contributed by atoms with Crippen LogP contribution < -0.4 is 0 Å². The second kappa shape index (κ2) is 39.9. The Kier molecular flexibility index (Phi) is 43.6. The third-order valence-electron chi connectivity index (χ3n) is 7.85. The van der Waals surface area contributed by atoms with Crippen molar-refractivity contribution < 1.29 is 31.8 Å². The van der Waals surface area contributed by atoms with Crippen LogP contribution in [0.25, 0.3) is 0 Å². The number of esters is 2. The molecule has 2 N–H and O–H groups in total. The first kappa shape index (κ1) is 49.1. The van der Waals surface area contributed by atoms with Crippen molar-refractivity contribution in [3.05, 3.63) is 12.2 Å². The first-order chi connectivity index (χ1) is 21.2. The number of hydrogen-bond donors (Lipinski definition) is 2. The molecule has 0 heterocycles. The first-order valence-corrected chi connectivity index (χ1v) is 19.7. The van der Waals surface area contributed by atoms with Crippen LogP contribution in [-0.4, -0.2) is 59.0 Å². The fraction of sp³-hybridized carbons (Fsp3) is 0.889.